The van der Waals surface area contributed by atoms with Crippen molar-refractivity contribution in [1.82, 2.24) is 24.6 Å². The summed E-state index contributed by atoms with van der Waals surface area (Å²) in [5.41, 5.74) is 0.0590. The Hall–Kier alpha value is -3.52. The lowest BCUT2D eigenvalue weighted by molar-refractivity contribution is 0.0181. The van der Waals surface area contributed by atoms with Crippen molar-refractivity contribution in [3.63, 3.8) is 0 Å². The number of carbonyl (C=O) groups is 1. The second kappa shape index (κ2) is 8.68. The molecule has 1 atom stereocenters. The zero-order chi connectivity index (χ0) is 24.7. The summed E-state index contributed by atoms with van der Waals surface area (Å²) in [5, 5.41) is 3.93. The summed E-state index contributed by atoms with van der Waals surface area (Å²) >= 11 is 0. The molecule has 9 nitrogen and oxygen atoms in total. The van der Waals surface area contributed by atoms with Crippen molar-refractivity contribution in [1.29, 1.82) is 0 Å². The molecule has 0 N–H and O–H groups in total. The summed E-state index contributed by atoms with van der Waals surface area (Å²) in [6, 6.07) is 3.40. The van der Waals surface area contributed by atoms with E-state index in [1.807, 2.05) is 45.6 Å². The maximum absolute atomic E-state index is 13.3. The number of amides is 1. The number of hydrogen-bond acceptors (Lipinski definition) is 7. The number of likely N-dealkylation sites (tertiary alicyclic amines) is 1. The molecule has 2 aromatic heterocycles. The fourth-order valence-corrected chi connectivity index (χ4v) is 4.51. The number of ether oxygens (including phenoxy) is 1. The molecule has 0 radical (unpaired) electrons. The number of aromatic nitrogens is 3. The third-order valence-corrected chi connectivity index (χ3v) is 6.17. The maximum atomic E-state index is 13.3. The van der Waals surface area contributed by atoms with Crippen LogP contribution in [0.25, 0.3) is 5.82 Å². The van der Waals surface area contributed by atoms with E-state index in [0.717, 1.165) is 17.6 Å². The van der Waals surface area contributed by atoms with Crippen molar-refractivity contribution in [3.8, 4) is 5.82 Å². The summed E-state index contributed by atoms with van der Waals surface area (Å²) in [6.07, 6.45) is 4.73. The highest BCUT2D eigenvalue weighted by Gasteiger charge is 2.48. The second-order valence-electron chi connectivity index (χ2n) is 9.71. The predicted molar refractivity (Wildman–Crippen MR) is 124 cm³/mol. The molecule has 0 bridgehead atoms. The number of nitrogens with zero attached hydrogens (tertiary/aromatic N) is 6. The molecule has 180 valence electrons. The van der Waals surface area contributed by atoms with Crippen LogP contribution >= 0.6 is 0 Å². The van der Waals surface area contributed by atoms with Gasteiger partial charge >= 0.3 is 6.09 Å². The van der Waals surface area contributed by atoms with Crippen LogP contribution in [0.5, 0.6) is 0 Å². The molecule has 0 aliphatic carbocycles. The van der Waals surface area contributed by atoms with Crippen LogP contribution in [0.4, 0.5) is 9.18 Å². The highest BCUT2D eigenvalue weighted by molar-refractivity contribution is 5.89. The number of pyridine rings is 1. The number of rotatable bonds is 3. The molecule has 1 saturated heterocycles. The Labute approximate surface area is 197 Å². The van der Waals surface area contributed by atoms with Crippen molar-refractivity contribution in [2.24, 2.45) is 4.99 Å². The standard InChI is InChI=1S/C24H29FN6O3/c1-16(18-6-7-21(26-12-18)30-14-19(25)13-27-30)31-17(2)28-24(20(31)15-32)8-10-29(11-9-24)22(33)34-23(3,4)5/h6-7,12-14,16H,8-11H2,1-5H3. The van der Waals surface area contributed by atoms with Gasteiger partial charge in [-0.15, -0.1) is 0 Å². The molecule has 1 spiro atoms. The van der Waals surface area contributed by atoms with E-state index >= 15 is 0 Å². The topological polar surface area (TPSA) is 92.9 Å². The lowest BCUT2D eigenvalue weighted by Crippen LogP contribution is -2.48. The average Bonchev–Trinajstić information content (AvgIpc) is 3.33. The normalized spacial score (nSPS) is 18.6. The summed E-state index contributed by atoms with van der Waals surface area (Å²) in [7, 11) is 0. The quantitative estimate of drug-likeness (QED) is 0.638. The van der Waals surface area contributed by atoms with Crippen LogP contribution in [0.1, 0.15) is 59.1 Å². The van der Waals surface area contributed by atoms with Crippen LogP contribution in [0.2, 0.25) is 0 Å². The lowest BCUT2D eigenvalue weighted by Gasteiger charge is -2.39. The van der Waals surface area contributed by atoms with Gasteiger partial charge in [-0.2, -0.15) is 5.10 Å². The van der Waals surface area contributed by atoms with Gasteiger partial charge in [0.2, 0.25) is 0 Å². The highest BCUT2D eigenvalue weighted by atomic mass is 19.1. The minimum absolute atomic E-state index is 0.223. The van der Waals surface area contributed by atoms with Gasteiger partial charge in [0.25, 0.3) is 0 Å². The van der Waals surface area contributed by atoms with Crippen LogP contribution in [0, 0.1) is 5.82 Å². The van der Waals surface area contributed by atoms with E-state index in [1.165, 1.54) is 10.9 Å². The monoisotopic (exact) mass is 468 g/mol. The zero-order valence-electron chi connectivity index (χ0n) is 20.1. The summed E-state index contributed by atoms with van der Waals surface area (Å²) in [4.78, 5) is 37.5. The second-order valence-corrected chi connectivity index (χ2v) is 9.71. The number of amidine groups is 1. The van der Waals surface area contributed by atoms with Crippen LogP contribution in [0.15, 0.2) is 41.4 Å². The molecule has 1 amide bonds. The Morgan fingerprint density at radius 2 is 1.94 bits per heavy atom. The van der Waals surface area contributed by atoms with Crippen molar-refractivity contribution in [3.05, 3.63) is 47.8 Å². The van der Waals surface area contributed by atoms with E-state index in [2.05, 4.69) is 16.0 Å². The van der Waals surface area contributed by atoms with Crippen molar-refractivity contribution >= 4 is 17.9 Å². The van der Waals surface area contributed by atoms with E-state index in [1.54, 1.807) is 17.2 Å². The van der Waals surface area contributed by atoms with Gasteiger partial charge in [0.05, 0.1) is 18.4 Å². The molecule has 0 saturated carbocycles. The van der Waals surface area contributed by atoms with Gasteiger partial charge in [-0.05, 0) is 59.1 Å². The number of piperidine rings is 1. The molecular formula is C24H29FN6O3. The van der Waals surface area contributed by atoms with Crippen molar-refractivity contribution < 1.29 is 18.7 Å². The first-order chi connectivity index (χ1) is 16.0. The van der Waals surface area contributed by atoms with E-state index in [9.17, 15) is 14.0 Å². The minimum Gasteiger partial charge on any atom is -0.444 e. The Morgan fingerprint density at radius 3 is 2.47 bits per heavy atom. The SMILES string of the molecule is CC1=NC2(CCN(C(=O)OC(C)(C)C)CC2)C(=C=O)N1C(C)c1ccc(-n2cc(F)cn2)nc1. The third-order valence-electron chi connectivity index (χ3n) is 6.17. The number of hydrogen-bond donors (Lipinski definition) is 0. The molecular weight excluding hydrogens is 439 g/mol. The lowest BCUT2D eigenvalue weighted by atomic mass is 9.85. The Balaban J connectivity index is 1.50. The van der Waals surface area contributed by atoms with E-state index in [4.69, 9.17) is 9.73 Å². The van der Waals surface area contributed by atoms with Gasteiger partial charge in [0.1, 0.15) is 28.6 Å². The van der Waals surface area contributed by atoms with Crippen LogP contribution in [0.3, 0.4) is 0 Å². The van der Waals surface area contributed by atoms with E-state index < -0.39 is 17.0 Å². The predicted octanol–water partition coefficient (Wildman–Crippen LogP) is 3.69. The highest BCUT2D eigenvalue weighted by Crippen LogP contribution is 2.43. The first-order valence-corrected chi connectivity index (χ1v) is 11.3. The minimum atomic E-state index is -0.710. The molecule has 4 heterocycles. The Bertz CT molecular complexity index is 1150. The van der Waals surface area contributed by atoms with Crippen LogP contribution < -0.4 is 0 Å². The molecule has 2 aliphatic heterocycles. The molecule has 2 aliphatic rings. The largest absolute Gasteiger partial charge is 0.444 e. The van der Waals surface area contributed by atoms with E-state index in [-0.39, 0.29) is 12.1 Å². The number of carbonyl (C=O) groups excluding carboxylic acids is 2. The Morgan fingerprint density at radius 1 is 1.24 bits per heavy atom. The maximum Gasteiger partial charge on any atom is 0.410 e. The van der Waals surface area contributed by atoms with Crippen LogP contribution in [-0.2, 0) is 9.53 Å². The summed E-state index contributed by atoms with van der Waals surface area (Å²) in [6.45, 7) is 10.2. The molecule has 1 fully saturated rings. The van der Waals surface area contributed by atoms with Gasteiger partial charge in [-0.3, -0.25) is 4.99 Å². The zero-order valence-corrected chi connectivity index (χ0v) is 20.1. The summed E-state index contributed by atoms with van der Waals surface area (Å²) in [5.74, 6) is 2.91. The fraction of sp³-hybridized carbons (Fsp3) is 0.500. The average molecular weight is 469 g/mol. The molecule has 34 heavy (non-hydrogen) atoms. The summed E-state index contributed by atoms with van der Waals surface area (Å²) < 4.78 is 20.1. The van der Waals surface area contributed by atoms with Gasteiger partial charge < -0.3 is 14.5 Å². The van der Waals surface area contributed by atoms with Gasteiger partial charge in [0, 0.05) is 19.3 Å². The molecule has 0 aromatic carbocycles. The molecule has 10 heteroatoms. The molecule has 4 rings (SSSR count). The van der Waals surface area contributed by atoms with E-state index in [0.29, 0.717) is 37.4 Å². The number of halogens is 1. The number of aliphatic imine (C=N–C) groups is 1. The third kappa shape index (κ3) is 4.46. The first kappa shape index (κ1) is 23.6. The van der Waals surface area contributed by atoms with Gasteiger partial charge in [-0.1, -0.05) is 6.07 Å². The molecule has 1 unspecified atom stereocenters. The van der Waals surface area contributed by atoms with Crippen molar-refractivity contribution in [2.45, 2.75) is 64.6 Å². The smallest absolute Gasteiger partial charge is 0.410 e. The van der Waals surface area contributed by atoms with Gasteiger partial charge in [0.15, 0.2) is 11.6 Å². The van der Waals surface area contributed by atoms with Crippen LogP contribution in [-0.4, -0.2) is 66.7 Å². The first-order valence-electron chi connectivity index (χ1n) is 11.3. The Kier molecular flexibility index (Phi) is 6.03. The van der Waals surface area contributed by atoms with Crippen molar-refractivity contribution in [2.75, 3.05) is 13.1 Å². The fourth-order valence-electron chi connectivity index (χ4n) is 4.51. The van der Waals surface area contributed by atoms with Gasteiger partial charge in [-0.25, -0.2) is 23.6 Å². The molecule has 2 aromatic rings.